The van der Waals surface area contributed by atoms with Crippen molar-refractivity contribution in [3.63, 3.8) is 0 Å². The fraction of sp³-hybridized carbons (Fsp3) is 0.185. The maximum absolute atomic E-state index is 13.3. The molecule has 0 aliphatic heterocycles. The first-order chi connectivity index (χ1) is 16.7. The highest BCUT2D eigenvalue weighted by Crippen LogP contribution is 2.30. The van der Waals surface area contributed by atoms with Crippen molar-refractivity contribution < 1.29 is 13.2 Å². The third-order valence-electron chi connectivity index (χ3n) is 5.91. The van der Waals surface area contributed by atoms with E-state index in [4.69, 9.17) is 5.10 Å². The van der Waals surface area contributed by atoms with Crippen molar-refractivity contribution >= 4 is 21.6 Å². The van der Waals surface area contributed by atoms with Crippen molar-refractivity contribution in [2.45, 2.75) is 25.3 Å². The van der Waals surface area contributed by atoms with Crippen LogP contribution in [0.15, 0.2) is 83.8 Å². The molecule has 4 aromatic rings. The Morgan fingerprint density at radius 3 is 2.20 bits per heavy atom. The van der Waals surface area contributed by atoms with Gasteiger partial charge in [-0.1, -0.05) is 54.6 Å². The van der Waals surface area contributed by atoms with Crippen LogP contribution in [0.3, 0.4) is 0 Å². The quantitative estimate of drug-likeness (QED) is 0.417. The van der Waals surface area contributed by atoms with E-state index in [2.05, 4.69) is 4.72 Å². The zero-order chi connectivity index (χ0) is 25.2. The smallest absolute Gasteiger partial charge is 0.283 e. The first kappa shape index (κ1) is 24.2. The van der Waals surface area contributed by atoms with Crippen LogP contribution in [0.25, 0.3) is 11.3 Å². The lowest BCUT2D eigenvalue weighted by molar-refractivity contribution is 0.0971. The largest absolute Gasteiger partial charge is 0.377 e. The van der Waals surface area contributed by atoms with Crippen molar-refractivity contribution in [3.05, 3.63) is 101 Å². The number of hydrogen-bond donors (Lipinski definition) is 1. The second-order valence-corrected chi connectivity index (χ2v) is 10.3. The highest BCUT2D eigenvalue weighted by molar-refractivity contribution is 7.90. The molecule has 0 fully saturated rings. The van der Waals surface area contributed by atoms with Crippen molar-refractivity contribution in [1.82, 2.24) is 14.5 Å². The molecular weight excluding hydrogens is 460 g/mol. The number of rotatable bonds is 7. The SMILES string of the molecule is Cc1cccc(C)c1Cn1nc(-c2ccccc2N(C)C)cc1C(=O)NS(=O)(=O)c1ccccc1. The molecule has 0 aliphatic rings. The lowest BCUT2D eigenvalue weighted by atomic mass is 10.0. The molecule has 0 unspecified atom stereocenters. The number of aromatic nitrogens is 2. The standard InChI is InChI=1S/C27H28N4O3S/c1-19-11-10-12-20(2)23(19)18-31-26(27(32)29-35(33,34)21-13-6-5-7-14-21)17-24(28-31)22-15-8-9-16-25(22)30(3)4/h5-17H,18H2,1-4H3,(H,29,32). The second-order valence-electron chi connectivity index (χ2n) is 8.60. The molecule has 0 radical (unpaired) electrons. The van der Waals surface area contributed by atoms with Gasteiger partial charge in [0.1, 0.15) is 5.69 Å². The van der Waals surface area contributed by atoms with Crippen LogP contribution in [0.2, 0.25) is 0 Å². The average molecular weight is 489 g/mol. The second kappa shape index (κ2) is 9.76. The Kier molecular flexibility index (Phi) is 6.75. The van der Waals surface area contributed by atoms with Gasteiger partial charge in [0.05, 0.1) is 17.1 Å². The summed E-state index contributed by atoms with van der Waals surface area (Å²) in [6.07, 6.45) is 0. The summed E-state index contributed by atoms with van der Waals surface area (Å²) >= 11 is 0. The van der Waals surface area contributed by atoms with Crippen LogP contribution in [0.1, 0.15) is 27.2 Å². The van der Waals surface area contributed by atoms with E-state index in [0.29, 0.717) is 12.2 Å². The molecule has 180 valence electrons. The molecular formula is C27H28N4O3S. The normalized spacial score (nSPS) is 11.3. The van der Waals surface area contributed by atoms with Crippen LogP contribution in [-0.4, -0.2) is 38.2 Å². The van der Waals surface area contributed by atoms with Crippen molar-refractivity contribution in [2.75, 3.05) is 19.0 Å². The predicted molar refractivity (Wildman–Crippen MR) is 138 cm³/mol. The van der Waals surface area contributed by atoms with Crippen molar-refractivity contribution in [2.24, 2.45) is 0 Å². The molecule has 1 N–H and O–H groups in total. The third kappa shape index (κ3) is 5.12. The van der Waals surface area contributed by atoms with E-state index < -0.39 is 15.9 Å². The Hall–Kier alpha value is -3.91. The van der Waals surface area contributed by atoms with Gasteiger partial charge in [0, 0.05) is 25.3 Å². The van der Waals surface area contributed by atoms with Crippen LogP contribution >= 0.6 is 0 Å². The number of amides is 1. The Balaban J connectivity index is 1.80. The minimum atomic E-state index is -4.04. The number of aryl methyl sites for hydroxylation is 2. The van der Waals surface area contributed by atoms with Crippen LogP contribution in [-0.2, 0) is 16.6 Å². The molecule has 1 aromatic heterocycles. The van der Waals surface area contributed by atoms with Gasteiger partial charge in [-0.25, -0.2) is 13.1 Å². The van der Waals surface area contributed by atoms with Gasteiger partial charge in [0.2, 0.25) is 0 Å². The van der Waals surface area contributed by atoms with Gasteiger partial charge in [0.25, 0.3) is 15.9 Å². The van der Waals surface area contributed by atoms with Crippen LogP contribution in [0.5, 0.6) is 0 Å². The van der Waals surface area contributed by atoms with Crippen molar-refractivity contribution in [1.29, 1.82) is 0 Å². The zero-order valence-corrected chi connectivity index (χ0v) is 21.0. The number of hydrogen-bond acceptors (Lipinski definition) is 5. The summed E-state index contributed by atoms with van der Waals surface area (Å²) in [6, 6.07) is 23.2. The maximum Gasteiger partial charge on any atom is 0.283 e. The Morgan fingerprint density at radius 1 is 0.914 bits per heavy atom. The summed E-state index contributed by atoms with van der Waals surface area (Å²) in [5.74, 6) is -0.735. The number of para-hydroxylation sites is 1. The number of carbonyl (C=O) groups is 1. The molecule has 0 spiro atoms. The molecule has 35 heavy (non-hydrogen) atoms. The molecule has 0 atom stereocenters. The highest BCUT2D eigenvalue weighted by Gasteiger charge is 2.24. The zero-order valence-electron chi connectivity index (χ0n) is 20.2. The number of carbonyl (C=O) groups excluding carboxylic acids is 1. The summed E-state index contributed by atoms with van der Waals surface area (Å²) in [6.45, 7) is 4.35. The van der Waals surface area contributed by atoms with Gasteiger partial charge in [-0.3, -0.25) is 9.48 Å². The lowest BCUT2D eigenvalue weighted by Crippen LogP contribution is -2.32. The molecule has 1 amide bonds. The molecule has 8 heteroatoms. The molecule has 0 saturated heterocycles. The molecule has 0 aliphatic carbocycles. The molecule has 7 nitrogen and oxygen atoms in total. The van der Waals surface area contributed by atoms with Gasteiger partial charge >= 0.3 is 0 Å². The Morgan fingerprint density at radius 2 is 1.54 bits per heavy atom. The average Bonchev–Trinajstić information content (AvgIpc) is 3.26. The minimum Gasteiger partial charge on any atom is -0.377 e. The number of anilines is 1. The summed E-state index contributed by atoms with van der Waals surface area (Å²) in [5.41, 5.74) is 5.70. The van der Waals surface area contributed by atoms with Crippen LogP contribution < -0.4 is 9.62 Å². The summed E-state index contributed by atoms with van der Waals surface area (Å²) in [5, 5.41) is 4.76. The third-order valence-corrected chi connectivity index (χ3v) is 7.25. The fourth-order valence-electron chi connectivity index (χ4n) is 4.01. The first-order valence-electron chi connectivity index (χ1n) is 11.2. The topological polar surface area (TPSA) is 84.3 Å². The number of nitrogens with one attached hydrogen (secondary N) is 1. The van der Waals surface area contributed by atoms with Crippen LogP contribution in [0.4, 0.5) is 5.69 Å². The lowest BCUT2D eigenvalue weighted by Gasteiger charge is -2.16. The van der Waals surface area contributed by atoms with E-state index in [0.717, 1.165) is 27.9 Å². The monoisotopic (exact) mass is 488 g/mol. The van der Waals surface area contributed by atoms with Gasteiger partial charge in [-0.05, 0) is 54.8 Å². The van der Waals surface area contributed by atoms with Gasteiger partial charge in [0.15, 0.2) is 0 Å². The number of benzene rings is 3. The summed E-state index contributed by atoms with van der Waals surface area (Å²) in [4.78, 5) is 15.3. The maximum atomic E-state index is 13.3. The highest BCUT2D eigenvalue weighted by atomic mass is 32.2. The molecule has 0 bridgehead atoms. The van der Waals surface area contributed by atoms with Gasteiger partial charge < -0.3 is 4.90 Å². The molecule has 4 rings (SSSR count). The predicted octanol–water partition coefficient (Wildman–Crippen LogP) is 4.40. The van der Waals surface area contributed by atoms with Crippen molar-refractivity contribution in [3.8, 4) is 11.3 Å². The number of sulfonamides is 1. The fourth-order valence-corrected chi connectivity index (χ4v) is 4.99. The molecule has 1 heterocycles. The molecule has 0 saturated carbocycles. The Bertz CT molecular complexity index is 1460. The summed E-state index contributed by atoms with van der Waals surface area (Å²) in [7, 11) is -0.165. The molecule has 3 aromatic carbocycles. The Labute approximate surface area is 206 Å². The van der Waals surface area contributed by atoms with E-state index in [1.54, 1.807) is 28.9 Å². The van der Waals surface area contributed by atoms with Gasteiger partial charge in [-0.15, -0.1) is 0 Å². The van der Waals surface area contributed by atoms with E-state index in [1.807, 2.05) is 75.3 Å². The summed E-state index contributed by atoms with van der Waals surface area (Å²) < 4.78 is 29.5. The number of nitrogens with zero attached hydrogens (tertiary/aromatic N) is 3. The van der Waals surface area contributed by atoms with E-state index in [9.17, 15) is 13.2 Å². The van der Waals surface area contributed by atoms with E-state index >= 15 is 0 Å². The van der Waals surface area contributed by atoms with Gasteiger partial charge in [-0.2, -0.15) is 5.10 Å². The first-order valence-corrected chi connectivity index (χ1v) is 12.7. The van der Waals surface area contributed by atoms with Crippen LogP contribution in [0, 0.1) is 13.8 Å². The van der Waals surface area contributed by atoms with E-state index in [-0.39, 0.29) is 10.6 Å². The minimum absolute atomic E-state index is 0.0207. The van der Waals surface area contributed by atoms with E-state index in [1.165, 1.54) is 12.1 Å².